The summed E-state index contributed by atoms with van der Waals surface area (Å²) in [6.45, 7) is -0.0745. The Morgan fingerprint density at radius 1 is 1.17 bits per heavy atom. The molecule has 0 bridgehead atoms. The van der Waals surface area contributed by atoms with E-state index in [4.69, 9.17) is 13.6 Å². The Morgan fingerprint density at radius 3 is 2.96 bits per heavy atom. The van der Waals surface area contributed by atoms with Gasteiger partial charge in [-0.05, 0) is 23.8 Å². The summed E-state index contributed by atoms with van der Waals surface area (Å²) in [6, 6.07) is 11.2. The lowest BCUT2D eigenvalue weighted by atomic mass is 10.1. The van der Waals surface area contributed by atoms with Crippen molar-refractivity contribution in [3.63, 3.8) is 0 Å². The number of benzene rings is 1. The van der Waals surface area contributed by atoms with Gasteiger partial charge in [0, 0.05) is 17.1 Å². The van der Waals surface area contributed by atoms with Crippen molar-refractivity contribution in [1.29, 1.82) is 0 Å². The zero-order chi connectivity index (χ0) is 16.4. The van der Waals surface area contributed by atoms with Gasteiger partial charge >= 0.3 is 5.97 Å². The van der Waals surface area contributed by atoms with Gasteiger partial charge in [-0.2, -0.15) is 0 Å². The minimum atomic E-state index is -0.363. The topological polar surface area (TPSA) is 94.2 Å². The molecule has 3 aromatic heterocycles. The Morgan fingerprint density at radius 2 is 2.08 bits per heavy atom. The van der Waals surface area contributed by atoms with E-state index in [2.05, 4.69) is 15.2 Å². The van der Waals surface area contributed by atoms with Crippen molar-refractivity contribution in [2.75, 3.05) is 0 Å². The summed E-state index contributed by atoms with van der Waals surface area (Å²) in [7, 11) is 0. The minimum absolute atomic E-state index is 0.0745. The number of H-pyrrole nitrogens is 1. The zero-order valence-corrected chi connectivity index (χ0v) is 12.6. The second-order valence-corrected chi connectivity index (χ2v) is 5.18. The molecule has 0 atom stereocenters. The molecule has 1 N–H and O–H groups in total. The minimum Gasteiger partial charge on any atom is -0.459 e. The Kier molecular flexibility index (Phi) is 3.59. The number of furan rings is 1. The molecule has 0 aliphatic carbocycles. The van der Waals surface area contributed by atoms with Crippen LogP contribution in [0.15, 0.2) is 57.7 Å². The van der Waals surface area contributed by atoms with Gasteiger partial charge in [0.05, 0.1) is 12.7 Å². The number of carbonyl (C=O) groups is 1. The molecule has 7 heteroatoms. The molecule has 0 fully saturated rings. The molecule has 24 heavy (non-hydrogen) atoms. The molecular formula is C17H13N3O4. The summed E-state index contributed by atoms with van der Waals surface area (Å²) in [5.74, 6) is 0.577. The molecule has 0 aliphatic rings. The molecule has 120 valence electrons. The summed E-state index contributed by atoms with van der Waals surface area (Å²) in [5, 5.41) is 8.68. The number of nitrogens with one attached hydrogen (secondary N) is 1. The van der Waals surface area contributed by atoms with Gasteiger partial charge in [0.2, 0.25) is 0 Å². The van der Waals surface area contributed by atoms with Crippen LogP contribution in [0.25, 0.3) is 22.6 Å². The first-order chi connectivity index (χ1) is 11.8. The predicted octanol–water partition coefficient (Wildman–Crippen LogP) is 3.10. The van der Waals surface area contributed by atoms with E-state index in [0.29, 0.717) is 5.76 Å². The van der Waals surface area contributed by atoms with Crippen LogP contribution in [0.4, 0.5) is 0 Å². The molecule has 7 nitrogen and oxygen atoms in total. The normalized spacial score (nSPS) is 11.0. The Balaban J connectivity index is 1.38. The first kappa shape index (κ1) is 14.3. The lowest BCUT2D eigenvalue weighted by molar-refractivity contribution is -0.144. The molecule has 1 aromatic carbocycles. The fourth-order valence-electron chi connectivity index (χ4n) is 2.44. The van der Waals surface area contributed by atoms with Gasteiger partial charge in [0.1, 0.15) is 0 Å². The Labute approximate surface area is 136 Å². The van der Waals surface area contributed by atoms with E-state index >= 15 is 0 Å². The quantitative estimate of drug-likeness (QED) is 0.567. The highest BCUT2D eigenvalue weighted by atomic mass is 16.5. The monoisotopic (exact) mass is 323 g/mol. The molecule has 3 heterocycles. The number of fused-ring (bicyclic) bond motifs is 1. The molecule has 0 amide bonds. The molecule has 0 unspecified atom stereocenters. The molecule has 0 saturated carbocycles. The summed E-state index contributed by atoms with van der Waals surface area (Å²) >= 11 is 0. The number of aromatic amines is 1. The average Bonchev–Trinajstić information content (AvgIpc) is 3.34. The van der Waals surface area contributed by atoms with Crippen LogP contribution in [0, 0.1) is 0 Å². The summed E-state index contributed by atoms with van der Waals surface area (Å²) in [5.41, 5.74) is 1.87. The molecule has 0 saturated heterocycles. The number of esters is 1. The van der Waals surface area contributed by atoms with E-state index < -0.39 is 0 Å². The lowest BCUT2D eigenvalue weighted by Gasteiger charge is -2.01. The number of ether oxygens (including phenoxy) is 1. The number of rotatable bonds is 5. The maximum Gasteiger partial charge on any atom is 0.310 e. The maximum atomic E-state index is 12.0. The molecule has 0 spiro atoms. The summed E-state index contributed by atoms with van der Waals surface area (Å²) in [6.07, 6.45) is 3.50. The number of hydrogen-bond donors (Lipinski definition) is 1. The molecular weight excluding hydrogens is 310 g/mol. The first-order valence-corrected chi connectivity index (χ1v) is 7.36. The van der Waals surface area contributed by atoms with E-state index in [0.717, 1.165) is 16.5 Å². The van der Waals surface area contributed by atoms with Crippen molar-refractivity contribution in [2.45, 2.75) is 13.0 Å². The predicted molar refractivity (Wildman–Crippen MR) is 83.8 cm³/mol. The van der Waals surface area contributed by atoms with Gasteiger partial charge in [-0.1, -0.05) is 18.2 Å². The van der Waals surface area contributed by atoms with Gasteiger partial charge in [-0.3, -0.25) is 4.79 Å². The van der Waals surface area contributed by atoms with Crippen molar-refractivity contribution >= 4 is 16.9 Å². The van der Waals surface area contributed by atoms with Crippen LogP contribution in [0.1, 0.15) is 11.5 Å². The van der Waals surface area contributed by atoms with E-state index in [9.17, 15) is 4.79 Å². The van der Waals surface area contributed by atoms with Crippen LogP contribution in [-0.2, 0) is 22.6 Å². The Bertz CT molecular complexity index is 969. The number of aromatic nitrogens is 3. The van der Waals surface area contributed by atoms with Crippen molar-refractivity contribution in [3.05, 3.63) is 60.3 Å². The van der Waals surface area contributed by atoms with E-state index in [1.165, 1.54) is 6.26 Å². The highest BCUT2D eigenvalue weighted by molar-refractivity contribution is 5.87. The standard InChI is InChI=1S/C17H13N3O4/c21-16(8-11-9-18-13-5-2-1-4-12(11)13)23-10-15-19-20-17(24-15)14-6-3-7-22-14/h1-7,9,18H,8,10H2. The summed E-state index contributed by atoms with van der Waals surface area (Å²) in [4.78, 5) is 15.1. The average molecular weight is 323 g/mol. The third-order valence-electron chi connectivity index (χ3n) is 3.57. The van der Waals surface area contributed by atoms with Crippen molar-refractivity contribution < 1.29 is 18.4 Å². The third-order valence-corrected chi connectivity index (χ3v) is 3.57. The highest BCUT2D eigenvalue weighted by Crippen LogP contribution is 2.20. The van der Waals surface area contributed by atoms with Crippen molar-refractivity contribution in [1.82, 2.24) is 15.2 Å². The SMILES string of the molecule is O=C(Cc1c[nH]c2ccccc12)OCc1nnc(-c2ccco2)o1. The summed E-state index contributed by atoms with van der Waals surface area (Å²) < 4.78 is 15.7. The first-order valence-electron chi connectivity index (χ1n) is 7.36. The van der Waals surface area contributed by atoms with E-state index in [1.54, 1.807) is 12.1 Å². The number of para-hydroxylation sites is 1. The second kappa shape index (κ2) is 6.04. The van der Waals surface area contributed by atoms with Crippen LogP contribution < -0.4 is 0 Å². The van der Waals surface area contributed by atoms with Crippen LogP contribution in [-0.4, -0.2) is 21.2 Å². The van der Waals surface area contributed by atoms with Gasteiger partial charge < -0.3 is 18.6 Å². The smallest absolute Gasteiger partial charge is 0.310 e. The van der Waals surface area contributed by atoms with Gasteiger partial charge in [-0.15, -0.1) is 10.2 Å². The maximum absolute atomic E-state index is 12.0. The van der Waals surface area contributed by atoms with Gasteiger partial charge in [-0.25, -0.2) is 0 Å². The van der Waals surface area contributed by atoms with Crippen molar-refractivity contribution in [3.8, 4) is 11.7 Å². The van der Waals surface area contributed by atoms with Crippen LogP contribution in [0.5, 0.6) is 0 Å². The fourth-order valence-corrected chi connectivity index (χ4v) is 2.44. The van der Waals surface area contributed by atoms with Gasteiger partial charge in [0.15, 0.2) is 12.4 Å². The molecule has 0 radical (unpaired) electrons. The lowest BCUT2D eigenvalue weighted by Crippen LogP contribution is -2.07. The number of nitrogens with zero attached hydrogens (tertiary/aromatic N) is 2. The fraction of sp³-hybridized carbons (Fsp3) is 0.118. The largest absolute Gasteiger partial charge is 0.459 e. The Hall–Kier alpha value is -3.35. The van der Waals surface area contributed by atoms with E-state index in [1.807, 2.05) is 30.5 Å². The molecule has 4 aromatic rings. The van der Waals surface area contributed by atoms with Crippen LogP contribution in [0.2, 0.25) is 0 Å². The van der Waals surface area contributed by atoms with Crippen LogP contribution in [0.3, 0.4) is 0 Å². The highest BCUT2D eigenvalue weighted by Gasteiger charge is 2.14. The van der Waals surface area contributed by atoms with Gasteiger partial charge in [0.25, 0.3) is 11.8 Å². The van der Waals surface area contributed by atoms with Crippen molar-refractivity contribution in [2.24, 2.45) is 0 Å². The number of carbonyl (C=O) groups excluding carboxylic acids is 1. The van der Waals surface area contributed by atoms with Crippen LogP contribution >= 0.6 is 0 Å². The second-order valence-electron chi connectivity index (χ2n) is 5.18. The zero-order valence-electron chi connectivity index (χ0n) is 12.6. The number of hydrogen-bond acceptors (Lipinski definition) is 6. The third kappa shape index (κ3) is 2.79. The molecule has 4 rings (SSSR count). The van der Waals surface area contributed by atoms with E-state index in [-0.39, 0.29) is 30.8 Å². The molecule has 0 aliphatic heterocycles.